The molecule has 1 unspecified atom stereocenters. The van der Waals surface area contributed by atoms with Gasteiger partial charge >= 0.3 is 0 Å². The molecule has 1 aromatic carbocycles. The molecule has 96 valence electrons. The molecule has 1 heterocycles. The van der Waals surface area contributed by atoms with Crippen molar-refractivity contribution in [3.8, 4) is 5.75 Å². The summed E-state index contributed by atoms with van der Waals surface area (Å²) >= 11 is 0. The van der Waals surface area contributed by atoms with Crippen molar-refractivity contribution in [2.45, 2.75) is 39.7 Å². The summed E-state index contributed by atoms with van der Waals surface area (Å²) in [5.74, 6) is 1.42. The van der Waals surface area contributed by atoms with Crippen LogP contribution >= 0.6 is 0 Å². The van der Waals surface area contributed by atoms with E-state index in [-0.39, 0.29) is 0 Å². The van der Waals surface area contributed by atoms with Crippen LogP contribution in [0.3, 0.4) is 0 Å². The molecule has 0 saturated heterocycles. The van der Waals surface area contributed by atoms with E-state index < -0.39 is 0 Å². The molecule has 0 aliphatic heterocycles. The van der Waals surface area contributed by atoms with Crippen LogP contribution < -0.4 is 4.74 Å². The van der Waals surface area contributed by atoms with Gasteiger partial charge in [0.1, 0.15) is 23.7 Å². The van der Waals surface area contributed by atoms with Gasteiger partial charge < -0.3 is 4.74 Å². The van der Waals surface area contributed by atoms with Crippen molar-refractivity contribution < 1.29 is 9.37 Å². The van der Waals surface area contributed by atoms with E-state index in [0.29, 0.717) is 12.5 Å². The molecular weight excluding hydrogens is 228 g/mol. The first kappa shape index (κ1) is 12.6. The van der Waals surface area contributed by atoms with Gasteiger partial charge in [0.15, 0.2) is 0 Å². The van der Waals surface area contributed by atoms with Gasteiger partial charge in [0.05, 0.1) is 0 Å². The second-order valence-electron chi connectivity index (χ2n) is 4.46. The lowest BCUT2D eigenvalue weighted by Crippen LogP contribution is -1.98. The summed E-state index contributed by atoms with van der Waals surface area (Å²) in [5.41, 5.74) is 2.84. The molecule has 4 heteroatoms. The minimum atomic E-state index is 0.387. The topological polar surface area (TPSA) is 48.2 Å². The van der Waals surface area contributed by atoms with Gasteiger partial charge in [-0.2, -0.15) is 0 Å². The van der Waals surface area contributed by atoms with Gasteiger partial charge in [0, 0.05) is 0 Å². The van der Waals surface area contributed by atoms with E-state index in [1.807, 2.05) is 19.1 Å². The molecule has 0 saturated carbocycles. The van der Waals surface area contributed by atoms with Crippen LogP contribution in [0.2, 0.25) is 0 Å². The molecule has 4 nitrogen and oxygen atoms in total. The molecule has 0 aliphatic rings. The van der Waals surface area contributed by atoms with Gasteiger partial charge in [-0.05, 0) is 37.0 Å². The van der Waals surface area contributed by atoms with E-state index in [2.05, 4.69) is 40.9 Å². The highest BCUT2D eigenvalue weighted by Gasteiger charge is 2.06. The van der Waals surface area contributed by atoms with Crippen LogP contribution in [0, 0.1) is 6.92 Å². The average molecular weight is 246 g/mol. The Balaban J connectivity index is 1.96. The maximum atomic E-state index is 5.64. The van der Waals surface area contributed by atoms with E-state index in [4.69, 9.17) is 4.74 Å². The zero-order valence-electron chi connectivity index (χ0n) is 11.0. The van der Waals surface area contributed by atoms with Crippen molar-refractivity contribution in [2.24, 2.45) is 0 Å². The second kappa shape index (κ2) is 5.67. The van der Waals surface area contributed by atoms with Crippen LogP contribution in [-0.2, 0) is 6.61 Å². The highest BCUT2D eigenvalue weighted by atomic mass is 16.6. The molecule has 1 aromatic heterocycles. The zero-order valence-corrected chi connectivity index (χ0v) is 11.0. The first-order chi connectivity index (χ1) is 8.70. The summed E-state index contributed by atoms with van der Waals surface area (Å²) in [6.45, 7) is 6.65. The molecule has 0 N–H and O–H groups in total. The second-order valence-corrected chi connectivity index (χ2v) is 4.46. The molecule has 0 amide bonds. The maximum Gasteiger partial charge on any atom is 0.145 e. The smallest absolute Gasteiger partial charge is 0.145 e. The lowest BCUT2D eigenvalue weighted by Gasteiger charge is -2.10. The molecule has 0 radical (unpaired) electrons. The number of hydrogen-bond donors (Lipinski definition) is 0. The Bertz CT molecular complexity index is 491. The molecule has 0 fully saturated rings. The monoisotopic (exact) mass is 246 g/mol. The van der Waals surface area contributed by atoms with Crippen molar-refractivity contribution in [1.29, 1.82) is 0 Å². The van der Waals surface area contributed by atoms with Gasteiger partial charge in [-0.1, -0.05) is 36.3 Å². The average Bonchev–Trinajstić information content (AvgIpc) is 2.81. The summed E-state index contributed by atoms with van der Waals surface area (Å²) in [6, 6.07) is 8.20. The summed E-state index contributed by atoms with van der Waals surface area (Å²) in [4.78, 5) is 0. The number of ether oxygens (including phenoxy) is 1. The molecular formula is C14H18N2O2. The van der Waals surface area contributed by atoms with Crippen molar-refractivity contribution in [3.05, 3.63) is 41.2 Å². The lowest BCUT2D eigenvalue weighted by atomic mass is 9.99. The van der Waals surface area contributed by atoms with Crippen LogP contribution in [0.25, 0.3) is 0 Å². The van der Waals surface area contributed by atoms with Crippen LogP contribution in [0.1, 0.15) is 43.1 Å². The molecule has 2 rings (SSSR count). The fraction of sp³-hybridized carbons (Fsp3) is 0.429. The SMILES string of the molecule is CCC(C)c1ccc(OCc2nonc2C)cc1. The minimum absolute atomic E-state index is 0.387. The molecule has 0 bridgehead atoms. The van der Waals surface area contributed by atoms with E-state index >= 15 is 0 Å². The number of benzene rings is 1. The van der Waals surface area contributed by atoms with Crippen LogP contribution in [0.15, 0.2) is 28.9 Å². The van der Waals surface area contributed by atoms with Gasteiger partial charge in [-0.25, -0.2) is 4.63 Å². The van der Waals surface area contributed by atoms with Gasteiger partial charge in [0.2, 0.25) is 0 Å². The summed E-state index contributed by atoms with van der Waals surface area (Å²) < 4.78 is 10.3. The van der Waals surface area contributed by atoms with E-state index in [1.54, 1.807) is 0 Å². The Kier molecular flexibility index (Phi) is 3.97. The summed E-state index contributed by atoms with van der Waals surface area (Å²) in [7, 11) is 0. The Hall–Kier alpha value is -1.84. The van der Waals surface area contributed by atoms with E-state index in [0.717, 1.165) is 23.6 Å². The van der Waals surface area contributed by atoms with Gasteiger partial charge in [-0.3, -0.25) is 0 Å². The van der Waals surface area contributed by atoms with Crippen molar-refractivity contribution in [2.75, 3.05) is 0 Å². The Labute approximate surface area is 107 Å². The number of rotatable bonds is 5. The number of aromatic nitrogens is 2. The lowest BCUT2D eigenvalue weighted by molar-refractivity contribution is 0.270. The van der Waals surface area contributed by atoms with Crippen LogP contribution in [-0.4, -0.2) is 10.3 Å². The van der Waals surface area contributed by atoms with Crippen LogP contribution in [0.5, 0.6) is 5.75 Å². The first-order valence-electron chi connectivity index (χ1n) is 6.21. The van der Waals surface area contributed by atoms with E-state index in [1.165, 1.54) is 5.56 Å². The fourth-order valence-electron chi connectivity index (χ4n) is 1.66. The normalized spacial score (nSPS) is 12.4. The zero-order chi connectivity index (χ0) is 13.0. The summed E-state index contributed by atoms with van der Waals surface area (Å²) in [6.07, 6.45) is 1.14. The third kappa shape index (κ3) is 2.88. The molecule has 0 spiro atoms. The number of nitrogens with zero attached hydrogens (tertiary/aromatic N) is 2. The highest BCUT2D eigenvalue weighted by Crippen LogP contribution is 2.22. The third-order valence-electron chi connectivity index (χ3n) is 3.18. The van der Waals surface area contributed by atoms with E-state index in [9.17, 15) is 0 Å². The fourth-order valence-corrected chi connectivity index (χ4v) is 1.66. The Morgan fingerprint density at radius 2 is 1.94 bits per heavy atom. The predicted molar refractivity (Wildman–Crippen MR) is 68.5 cm³/mol. The molecule has 18 heavy (non-hydrogen) atoms. The quantitative estimate of drug-likeness (QED) is 0.810. The minimum Gasteiger partial charge on any atom is -0.487 e. The standard InChI is InChI=1S/C14H18N2O2/c1-4-10(2)12-5-7-13(8-6-12)17-9-14-11(3)15-18-16-14/h5-8,10H,4,9H2,1-3H3. The largest absolute Gasteiger partial charge is 0.487 e. The number of hydrogen-bond acceptors (Lipinski definition) is 4. The van der Waals surface area contributed by atoms with Gasteiger partial charge in [-0.15, -0.1) is 0 Å². The first-order valence-corrected chi connectivity index (χ1v) is 6.21. The Morgan fingerprint density at radius 3 is 2.50 bits per heavy atom. The molecule has 1 atom stereocenters. The number of aryl methyl sites for hydroxylation is 1. The van der Waals surface area contributed by atoms with Crippen LogP contribution in [0.4, 0.5) is 0 Å². The molecule has 2 aromatic rings. The highest BCUT2D eigenvalue weighted by molar-refractivity contribution is 5.29. The summed E-state index contributed by atoms with van der Waals surface area (Å²) in [5, 5.41) is 7.49. The van der Waals surface area contributed by atoms with Gasteiger partial charge in [0.25, 0.3) is 0 Å². The third-order valence-corrected chi connectivity index (χ3v) is 3.18. The van der Waals surface area contributed by atoms with Crippen molar-refractivity contribution in [1.82, 2.24) is 10.3 Å². The maximum absolute atomic E-state index is 5.64. The molecule has 0 aliphatic carbocycles. The van der Waals surface area contributed by atoms with Crippen molar-refractivity contribution in [3.63, 3.8) is 0 Å². The predicted octanol–water partition coefficient (Wildman–Crippen LogP) is 3.47. The van der Waals surface area contributed by atoms with Crippen molar-refractivity contribution >= 4 is 0 Å². The Morgan fingerprint density at radius 1 is 1.22 bits per heavy atom.